The molecule has 0 amide bonds. The lowest BCUT2D eigenvalue weighted by atomic mass is 10.2. The van der Waals surface area contributed by atoms with Gasteiger partial charge in [-0.05, 0) is 12.8 Å². The summed E-state index contributed by atoms with van der Waals surface area (Å²) in [4.78, 5) is 0. The van der Waals surface area contributed by atoms with Crippen LogP contribution in [0.4, 0.5) is 0 Å². The van der Waals surface area contributed by atoms with Gasteiger partial charge in [-0.25, -0.2) is 0 Å². The van der Waals surface area contributed by atoms with Crippen LogP contribution in [0, 0.1) is 0 Å². The van der Waals surface area contributed by atoms with Gasteiger partial charge in [0.05, 0.1) is 0 Å². The Morgan fingerprint density at radius 1 is 1.12 bits per heavy atom. The first-order valence-corrected chi connectivity index (χ1v) is 3.36. The maximum atomic E-state index is 3.14. The SMILES string of the molecule is BNN1CCCCC1. The molecule has 1 fully saturated rings. The van der Waals surface area contributed by atoms with Gasteiger partial charge in [-0.2, -0.15) is 0 Å². The average Bonchev–Trinajstić information content (AvgIpc) is 1.90. The molecule has 0 bridgehead atoms. The topological polar surface area (TPSA) is 15.3 Å². The van der Waals surface area contributed by atoms with Crippen LogP contribution in [0.2, 0.25) is 0 Å². The standard InChI is InChI=1S/C5H13BN2/c6-7-8-4-2-1-3-5-8/h7H,1-6H2. The molecule has 1 aliphatic heterocycles. The second-order valence-electron chi connectivity index (χ2n) is 2.27. The Hall–Kier alpha value is -0.0151. The summed E-state index contributed by atoms with van der Waals surface area (Å²) in [7, 11) is 1.99. The van der Waals surface area contributed by atoms with E-state index in [1.807, 2.05) is 7.98 Å². The Kier molecular flexibility index (Phi) is 2.37. The van der Waals surface area contributed by atoms with Gasteiger partial charge in [-0.15, -0.1) is 0 Å². The van der Waals surface area contributed by atoms with E-state index in [1.165, 1.54) is 32.4 Å². The molecule has 2 nitrogen and oxygen atoms in total. The fraction of sp³-hybridized carbons (Fsp3) is 1.00. The van der Waals surface area contributed by atoms with Crippen LogP contribution in [0.3, 0.4) is 0 Å². The van der Waals surface area contributed by atoms with Crippen LogP contribution < -0.4 is 5.34 Å². The summed E-state index contributed by atoms with van der Waals surface area (Å²) in [6.45, 7) is 2.47. The second-order valence-corrected chi connectivity index (χ2v) is 2.27. The Morgan fingerprint density at radius 3 is 2.12 bits per heavy atom. The van der Waals surface area contributed by atoms with E-state index in [2.05, 4.69) is 10.3 Å². The minimum Gasteiger partial charge on any atom is -0.303 e. The van der Waals surface area contributed by atoms with E-state index in [1.54, 1.807) is 0 Å². The van der Waals surface area contributed by atoms with Crippen molar-refractivity contribution in [2.45, 2.75) is 19.3 Å². The maximum absolute atomic E-state index is 3.14. The third-order valence-electron chi connectivity index (χ3n) is 1.67. The molecule has 1 saturated heterocycles. The molecule has 46 valence electrons. The predicted molar refractivity (Wildman–Crippen MR) is 37.1 cm³/mol. The van der Waals surface area contributed by atoms with Crippen molar-refractivity contribution >= 4 is 7.98 Å². The van der Waals surface area contributed by atoms with Crippen molar-refractivity contribution in [2.24, 2.45) is 0 Å². The number of nitrogens with one attached hydrogen (secondary N) is 1. The van der Waals surface area contributed by atoms with Crippen molar-refractivity contribution in [2.75, 3.05) is 13.1 Å². The normalized spacial score (nSPS) is 23.5. The van der Waals surface area contributed by atoms with E-state index >= 15 is 0 Å². The third-order valence-corrected chi connectivity index (χ3v) is 1.67. The molecular formula is C5H13BN2. The third kappa shape index (κ3) is 1.49. The minimum atomic E-state index is 1.23. The van der Waals surface area contributed by atoms with Gasteiger partial charge in [0.1, 0.15) is 0 Å². The molecule has 1 rings (SSSR count). The largest absolute Gasteiger partial charge is 0.303 e. The number of piperidine rings is 1. The molecule has 0 saturated carbocycles. The number of nitrogens with zero attached hydrogens (tertiary/aromatic N) is 1. The lowest BCUT2D eigenvalue weighted by Gasteiger charge is -2.25. The zero-order chi connectivity index (χ0) is 5.82. The van der Waals surface area contributed by atoms with Crippen molar-refractivity contribution < 1.29 is 0 Å². The predicted octanol–water partition coefficient (Wildman–Crippen LogP) is -0.475. The summed E-state index contributed by atoms with van der Waals surface area (Å²) < 4.78 is 0. The van der Waals surface area contributed by atoms with Crippen LogP contribution in [0.15, 0.2) is 0 Å². The van der Waals surface area contributed by atoms with Crippen LogP contribution in [0.1, 0.15) is 19.3 Å². The van der Waals surface area contributed by atoms with E-state index in [0.717, 1.165) is 0 Å². The lowest BCUT2D eigenvalue weighted by Crippen LogP contribution is -2.39. The zero-order valence-corrected chi connectivity index (χ0v) is 5.48. The van der Waals surface area contributed by atoms with Crippen molar-refractivity contribution in [3.63, 3.8) is 0 Å². The molecule has 8 heavy (non-hydrogen) atoms. The molecule has 1 heterocycles. The van der Waals surface area contributed by atoms with E-state index < -0.39 is 0 Å². The van der Waals surface area contributed by atoms with E-state index in [9.17, 15) is 0 Å². The number of rotatable bonds is 1. The number of hydrazine groups is 1. The molecule has 0 spiro atoms. The summed E-state index contributed by atoms with van der Waals surface area (Å²) in [5.74, 6) is 0. The molecule has 0 aromatic heterocycles. The molecule has 0 aromatic carbocycles. The fourth-order valence-corrected chi connectivity index (χ4v) is 1.12. The summed E-state index contributed by atoms with van der Waals surface area (Å²) in [5.41, 5.74) is 0. The number of hydrogen-bond acceptors (Lipinski definition) is 2. The van der Waals surface area contributed by atoms with E-state index in [0.29, 0.717) is 0 Å². The van der Waals surface area contributed by atoms with Crippen LogP contribution in [-0.2, 0) is 0 Å². The molecule has 0 radical (unpaired) electrons. The molecule has 1 N–H and O–H groups in total. The smallest absolute Gasteiger partial charge is 0.201 e. The quantitative estimate of drug-likeness (QED) is 0.461. The summed E-state index contributed by atoms with van der Waals surface area (Å²) in [6, 6.07) is 0. The van der Waals surface area contributed by atoms with Gasteiger partial charge in [-0.1, -0.05) is 6.42 Å². The van der Waals surface area contributed by atoms with Crippen LogP contribution in [-0.4, -0.2) is 26.1 Å². The van der Waals surface area contributed by atoms with Crippen molar-refractivity contribution in [3.8, 4) is 0 Å². The number of hydrogen-bond donors (Lipinski definition) is 1. The minimum absolute atomic E-state index is 1.23. The molecule has 0 atom stereocenters. The van der Waals surface area contributed by atoms with Crippen molar-refractivity contribution in [3.05, 3.63) is 0 Å². The molecule has 0 unspecified atom stereocenters. The van der Waals surface area contributed by atoms with Crippen LogP contribution in [0.25, 0.3) is 0 Å². The van der Waals surface area contributed by atoms with Gasteiger partial charge in [0.25, 0.3) is 0 Å². The van der Waals surface area contributed by atoms with E-state index in [4.69, 9.17) is 0 Å². The molecule has 1 aliphatic rings. The zero-order valence-electron chi connectivity index (χ0n) is 5.48. The van der Waals surface area contributed by atoms with Crippen molar-refractivity contribution in [1.29, 1.82) is 0 Å². The highest BCUT2D eigenvalue weighted by molar-refractivity contribution is 6.03. The Labute approximate surface area is 51.6 Å². The first-order valence-electron chi connectivity index (χ1n) is 3.36. The highest BCUT2D eigenvalue weighted by Crippen LogP contribution is 2.04. The van der Waals surface area contributed by atoms with Gasteiger partial charge >= 0.3 is 0 Å². The Morgan fingerprint density at radius 2 is 1.75 bits per heavy atom. The molecule has 3 heteroatoms. The van der Waals surface area contributed by atoms with Gasteiger partial charge in [0, 0.05) is 13.1 Å². The molecule has 0 aliphatic carbocycles. The molecular weight excluding hydrogens is 98.9 g/mol. The fourth-order valence-electron chi connectivity index (χ4n) is 1.12. The van der Waals surface area contributed by atoms with Crippen LogP contribution in [0.5, 0.6) is 0 Å². The Bertz CT molecular complexity index is 61.4. The Balaban J connectivity index is 2.13. The maximum Gasteiger partial charge on any atom is 0.201 e. The average molecular weight is 112 g/mol. The summed E-state index contributed by atoms with van der Waals surface area (Å²) in [5, 5.41) is 5.40. The van der Waals surface area contributed by atoms with E-state index in [-0.39, 0.29) is 0 Å². The van der Waals surface area contributed by atoms with Crippen molar-refractivity contribution in [1.82, 2.24) is 10.3 Å². The highest BCUT2D eigenvalue weighted by atomic mass is 15.5. The first-order chi connectivity index (χ1) is 3.93. The molecule has 0 aromatic rings. The van der Waals surface area contributed by atoms with Crippen LogP contribution >= 0.6 is 0 Å². The summed E-state index contributed by atoms with van der Waals surface area (Å²) >= 11 is 0. The van der Waals surface area contributed by atoms with Gasteiger partial charge in [0.2, 0.25) is 7.98 Å². The highest BCUT2D eigenvalue weighted by Gasteiger charge is 2.05. The second kappa shape index (κ2) is 3.10. The summed E-state index contributed by atoms with van der Waals surface area (Å²) in [6.07, 6.45) is 4.14. The monoisotopic (exact) mass is 112 g/mol. The van der Waals surface area contributed by atoms with Gasteiger partial charge in [0.15, 0.2) is 0 Å². The lowest BCUT2D eigenvalue weighted by molar-refractivity contribution is 0.203. The van der Waals surface area contributed by atoms with Gasteiger partial charge in [-0.3, -0.25) is 5.01 Å². The van der Waals surface area contributed by atoms with Gasteiger partial charge < -0.3 is 5.34 Å². The first kappa shape index (κ1) is 6.11.